The highest BCUT2D eigenvalue weighted by Gasteiger charge is 2.35. The van der Waals surface area contributed by atoms with Crippen LogP contribution < -0.4 is 5.32 Å². The van der Waals surface area contributed by atoms with Crippen LogP contribution in [-0.2, 0) is 27.4 Å². The Hall–Kier alpha value is -2.33. The summed E-state index contributed by atoms with van der Waals surface area (Å²) < 4.78 is 57.3. The summed E-state index contributed by atoms with van der Waals surface area (Å²) in [6.07, 6.45) is -5.71. The summed E-state index contributed by atoms with van der Waals surface area (Å²) >= 11 is 0. The third-order valence-electron chi connectivity index (χ3n) is 4.41. The first-order valence-corrected chi connectivity index (χ1v) is 9.18. The Labute approximate surface area is 166 Å². The molecule has 1 aromatic carbocycles. The van der Waals surface area contributed by atoms with Crippen LogP contribution in [0.1, 0.15) is 38.2 Å². The Morgan fingerprint density at radius 1 is 1.31 bits per heavy atom. The van der Waals surface area contributed by atoms with Crippen molar-refractivity contribution in [1.82, 2.24) is 14.9 Å². The fourth-order valence-electron chi connectivity index (χ4n) is 3.13. The molecule has 160 valence electrons. The van der Waals surface area contributed by atoms with Crippen LogP contribution in [0.2, 0.25) is 0 Å². The molecule has 3 rings (SSSR count). The summed E-state index contributed by atoms with van der Waals surface area (Å²) in [4.78, 5) is 16.8. The number of hydrogen-bond donors (Lipinski definition) is 1. The van der Waals surface area contributed by atoms with Gasteiger partial charge in [0.25, 0.3) is 0 Å². The number of rotatable bonds is 3. The fourth-order valence-corrected chi connectivity index (χ4v) is 3.13. The number of imidazole rings is 1. The van der Waals surface area contributed by atoms with Gasteiger partial charge in [-0.3, -0.25) is 0 Å². The largest absolute Gasteiger partial charge is 0.444 e. The lowest BCUT2D eigenvalue weighted by molar-refractivity contribution is -0.137. The number of halogens is 3. The fraction of sp³-hybridized carbons (Fsp3) is 0.579. The molecule has 0 aliphatic carbocycles. The van der Waals surface area contributed by atoms with Crippen LogP contribution in [0, 0.1) is 0 Å². The third-order valence-corrected chi connectivity index (χ3v) is 4.41. The Morgan fingerprint density at radius 3 is 2.62 bits per heavy atom. The molecule has 1 N–H and O–H groups in total. The van der Waals surface area contributed by atoms with Gasteiger partial charge in [0.05, 0.1) is 36.4 Å². The van der Waals surface area contributed by atoms with Crippen molar-refractivity contribution in [2.24, 2.45) is 7.05 Å². The van der Waals surface area contributed by atoms with E-state index in [1.54, 1.807) is 32.4 Å². The number of carbonyl (C=O) groups is 1. The van der Waals surface area contributed by atoms with E-state index in [4.69, 9.17) is 14.2 Å². The second-order valence-electron chi connectivity index (χ2n) is 7.84. The van der Waals surface area contributed by atoms with Crippen molar-refractivity contribution in [2.75, 3.05) is 19.8 Å². The van der Waals surface area contributed by atoms with E-state index >= 15 is 0 Å². The van der Waals surface area contributed by atoms with Crippen LogP contribution in [0.15, 0.2) is 18.2 Å². The maximum atomic E-state index is 13.1. The minimum atomic E-state index is -4.47. The Balaban J connectivity index is 1.98. The lowest BCUT2D eigenvalue weighted by Gasteiger charge is -2.31. The number of ether oxygens (including phenoxy) is 3. The first kappa shape index (κ1) is 21.4. The molecule has 1 amide bonds. The zero-order chi connectivity index (χ0) is 21.4. The van der Waals surface area contributed by atoms with E-state index in [9.17, 15) is 18.0 Å². The average Bonchev–Trinajstić information content (AvgIpc) is 2.94. The van der Waals surface area contributed by atoms with Crippen LogP contribution in [0.25, 0.3) is 11.0 Å². The second-order valence-corrected chi connectivity index (χ2v) is 7.84. The second kappa shape index (κ2) is 7.83. The number of benzene rings is 1. The normalized spacial score (nSPS) is 19.2. The number of carbonyl (C=O) groups excluding carboxylic acids is 1. The lowest BCUT2D eigenvalue weighted by atomic mass is 10.1. The van der Waals surface area contributed by atoms with Crippen molar-refractivity contribution in [3.05, 3.63) is 29.6 Å². The van der Waals surface area contributed by atoms with Crippen LogP contribution >= 0.6 is 0 Å². The smallest absolute Gasteiger partial charge is 0.416 e. The van der Waals surface area contributed by atoms with Crippen LogP contribution in [-0.4, -0.2) is 47.2 Å². The third kappa shape index (κ3) is 4.99. The van der Waals surface area contributed by atoms with Crippen LogP contribution in [0.5, 0.6) is 0 Å². The number of aromatic nitrogens is 2. The number of alkyl halides is 3. The summed E-state index contributed by atoms with van der Waals surface area (Å²) in [5, 5.41) is 2.73. The van der Waals surface area contributed by atoms with E-state index in [1.165, 1.54) is 6.07 Å². The summed E-state index contributed by atoms with van der Waals surface area (Å²) in [5.74, 6) is 0.348. The van der Waals surface area contributed by atoms with E-state index in [0.29, 0.717) is 24.6 Å². The Morgan fingerprint density at radius 2 is 2.03 bits per heavy atom. The monoisotopic (exact) mass is 415 g/mol. The molecule has 1 saturated heterocycles. The highest BCUT2D eigenvalue weighted by molar-refractivity contribution is 5.77. The number of aryl methyl sites for hydroxylation is 1. The van der Waals surface area contributed by atoms with Gasteiger partial charge in [0.15, 0.2) is 0 Å². The first-order valence-electron chi connectivity index (χ1n) is 9.18. The van der Waals surface area contributed by atoms with E-state index in [1.807, 2.05) is 0 Å². The predicted octanol–water partition coefficient (Wildman–Crippen LogP) is 3.57. The molecule has 2 aromatic rings. The molecule has 0 bridgehead atoms. The molecule has 2 heterocycles. The zero-order valence-corrected chi connectivity index (χ0v) is 16.7. The highest BCUT2D eigenvalue weighted by atomic mass is 19.4. The van der Waals surface area contributed by atoms with Gasteiger partial charge >= 0.3 is 12.3 Å². The number of hydrogen-bond acceptors (Lipinski definition) is 5. The number of nitrogens with zero attached hydrogens (tertiary/aromatic N) is 2. The van der Waals surface area contributed by atoms with E-state index in [-0.39, 0.29) is 12.1 Å². The van der Waals surface area contributed by atoms with E-state index in [0.717, 1.165) is 12.1 Å². The average molecular weight is 415 g/mol. The van der Waals surface area contributed by atoms with Gasteiger partial charge in [-0.15, -0.1) is 0 Å². The minimum absolute atomic E-state index is 0.171. The molecule has 0 unspecified atom stereocenters. The Bertz CT molecular complexity index is 883. The summed E-state index contributed by atoms with van der Waals surface area (Å²) in [5.41, 5.74) is -0.832. The zero-order valence-electron chi connectivity index (χ0n) is 16.7. The van der Waals surface area contributed by atoms with Crippen molar-refractivity contribution >= 4 is 17.1 Å². The van der Waals surface area contributed by atoms with Gasteiger partial charge in [-0.05, 0) is 39.0 Å². The number of alkyl carbamates (subject to hydrolysis) is 1. The maximum absolute atomic E-state index is 13.1. The van der Waals surface area contributed by atoms with Crippen LogP contribution in [0.3, 0.4) is 0 Å². The molecule has 10 heteroatoms. The number of fused-ring (bicyclic) bond motifs is 1. The molecule has 7 nitrogen and oxygen atoms in total. The van der Waals surface area contributed by atoms with Gasteiger partial charge in [-0.1, -0.05) is 0 Å². The molecule has 0 spiro atoms. The molecular weight excluding hydrogens is 391 g/mol. The standard InChI is InChI=1S/C19H24F3N3O4/c1-18(2,3)29-17(26)24-15(14-10-27-7-8-28-14)16-23-12-9-11(19(20,21)22)5-6-13(12)25(16)4/h5-6,9,14-15H,7-8,10H2,1-4H3,(H,24,26)/t14-,15+/m1/s1. The first-order chi connectivity index (χ1) is 13.5. The molecule has 1 aromatic heterocycles. The molecule has 0 radical (unpaired) electrons. The van der Waals surface area contributed by atoms with Gasteiger partial charge in [0.1, 0.15) is 23.6 Å². The lowest BCUT2D eigenvalue weighted by Crippen LogP contribution is -2.45. The summed E-state index contributed by atoms with van der Waals surface area (Å²) in [7, 11) is 1.67. The molecule has 2 atom stereocenters. The highest BCUT2D eigenvalue weighted by Crippen LogP contribution is 2.32. The van der Waals surface area contributed by atoms with Crippen molar-refractivity contribution in [1.29, 1.82) is 0 Å². The predicted molar refractivity (Wildman–Crippen MR) is 98.4 cm³/mol. The molecule has 1 fully saturated rings. The summed E-state index contributed by atoms with van der Waals surface area (Å²) in [6.45, 7) is 6.16. The number of amides is 1. The van der Waals surface area contributed by atoms with E-state index < -0.39 is 35.6 Å². The van der Waals surface area contributed by atoms with Crippen molar-refractivity contribution in [3.63, 3.8) is 0 Å². The molecule has 29 heavy (non-hydrogen) atoms. The van der Waals surface area contributed by atoms with E-state index in [2.05, 4.69) is 10.3 Å². The van der Waals surface area contributed by atoms with Crippen molar-refractivity contribution in [2.45, 2.75) is 44.7 Å². The van der Waals surface area contributed by atoms with Gasteiger partial charge in [0.2, 0.25) is 0 Å². The minimum Gasteiger partial charge on any atom is -0.444 e. The quantitative estimate of drug-likeness (QED) is 0.830. The summed E-state index contributed by atoms with van der Waals surface area (Å²) in [6, 6.07) is 2.58. The molecule has 1 aliphatic heterocycles. The van der Waals surface area contributed by atoms with Crippen molar-refractivity contribution < 1.29 is 32.2 Å². The maximum Gasteiger partial charge on any atom is 0.416 e. The SMILES string of the molecule is Cn1c([C@@H](NC(=O)OC(C)(C)C)[C@H]2COCCO2)nc2cc(C(F)(F)F)ccc21. The van der Waals surface area contributed by atoms with Gasteiger partial charge < -0.3 is 24.1 Å². The molecule has 1 aliphatic rings. The Kier molecular flexibility index (Phi) is 5.77. The van der Waals surface area contributed by atoms with Crippen LogP contribution in [0.4, 0.5) is 18.0 Å². The van der Waals surface area contributed by atoms with Gasteiger partial charge in [-0.2, -0.15) is 13.2 Å². The van der Waals surface area contributed by atoms with Crippen molar-refractivity contribution in [3.8, 4) is 0 Å². The topological polar surface area (TPSA) is 74.6 Å². The molecular formula is C19H24F3N3O4. The van der Waals surface area contributed by atoms with Gasteiger partial charge in [0, 0.05) is 7.05 Å². The van der Waals surface area contributed by atoms with Gasteiger partial charge in [-0.25, -0.2) is 9.78 Å². The number of nitrogens with one attached hydrogen (secondary N) is 1. The molecule has 0 saturated carbocycles.